The van der Waals surface area contributed by atoms with Gasteiger partial charge in [0.15, 0.2) is 0 Å². The minimum atomic E-state index is -0.932. The number of anilines is 1. The number of hydrogen-bond acceptors (Lipinski definition) is 3. The number of amides is 2. The monoisotopic (exact) mass is 346 g/mol. The Hall–Kier alpha value is -1.18. The van der Waals surface area contributed by atoms with Crippen LogP contribution in [0.3, 0.4) is 0 Å². The van der Waals surface area contributed by atoms with Crippen molar-refractivity contribution in [1.82, 2.24) is 5.32 Å². The van der Waals surface area contributed by atoms with Crippen molar-refractivity contribution in [2.24, 2.45) is 0 Å². The lowest BCUT2D eigenvalue weighted by Gasteiger charge is -2.32. The number of carbonyl (C=O) groups excluding carboxylic acids is 1. The van der Waals surface area contributed by atoms with E-state index in [0.29, 0.717) is 36.2 Å². The number of carbonyl (C=O) groups is 1. The number of rotatable bonds is 3. The molecule has 0 aliphatic carbocycles. The molecule has 20 heavy (non-hydrogen) atoms. The van der Waals surface area contributed by atoms with E-state index >= 15 is 0 Å². The van der Waals surface area contributed by atoms with Crippen LogP contribution in [0.2, 0.25) is 0 Å². The Labute approximate surface area is 124 Å². The van der Waals surface area contributed by atoms with Crippen LogP contribution in [0.5, 0.6) is 0 Å². The standard InChI is InChI=1S/C13H16BrFN2O3/c14-9-5-10(15)7-11(6-9)17-12(18)16-8-13(19)1-3-20-4-2-13/h5-7,19H,1-4,8H2,(H2,16,17,18). The molecule has 0 atom stereocenters. The summed E-state index contributed by atoms with van der Waals surface area (Å²) in [6.45, 7) is 1.10. The number of urea groups is 1. The first-order valence-corrected chi connectivity index (χ1v) is 7.07. The van der Waals surface area contributed by atoms with Crippen molar-refractivity contribution in [2.75, 3.05) is 25.1 Å². The summed E-state index contributed by atoms with van der Waals surface area (Å²) in [5.74, 6) is -0.447. The maximum absolute atomic E-state index is 13.2. The van der Waals surface area contributed by atoms with Crippen LogP contribution in [-0.2, 0) is 4.74 Å². The molecule has 1 saturated heterocycles. The molecule has 1 heterocycles. The second-order valence-corrected chi connectivity index (χ2v) is 5.72. The molecular formula is C13H16BrFN2O3. The van der Waals surface area contributed by atoms with Crippen molar-refractivity contribution in [1.29, 1.82) is 0 Å². The van der Waals surface area contributed by atoms with E-state index in [1.165, 1.54) is 12.1 Å². The van der Waals surface area contributed by atoms with Crippen molar-refractivity contribution >= 4 is 27.6 Å². The molecular weight excluding hydrogens is 331 g/mol. The van der Waals surface area contributed by atoms with Gasteiger partial charge < -0.3 is 20.5 Å². The summed E-state index contributed by atoms with van der Waals surface area (Å²) in [4.78, 5) is 11.7. The third kappa shape index (κ3) is 4.43. The van der Waals surface area contributed by atoms with Crippen LogP contribution in [-0.4, -0.2) is 36.5 Å². The summed E-state index contributed by atoms with van der Waals surface area (Å²) in [6, 6.07) is 3.62. The molecule has 1 aromatic carbocycles. The fourth-order valence-electron chi connectivity index (χ4n) is 1.97. The molecule has 1 aromatic rings. The SMILES string of the molecule is O=C(NCC1(O)CCOCC1)Nc1cc(F)cc(Br)c1. The Kier molecular flexibility index (Phi) is 4.95. The van der Waals surface area contributed by atoms with Gasteiger partial charge in [-0.25, -0.2) is 9.18 Å². The number of benzene rings is 1. The lowest BCUT2D eigenvalue weighted by molar-refractivity contribution is -0.0598. The minimum Gasteiger partial charge on any atom is -0.388 e. The van der Waals surface area contributed by atoms with Crippen LogP contribution in [0, 0.1) is 5.82 Å². The lowest BCUT2D eigenvalue weighted by Crippen LogP contribution is -2.47. The molecule has 0 aromatic heterocycles. The summed E-state index contributed by atoms with van der Waals surface area (Å²) in [6.07, 6.45) is 0.970. The van der Waals surface area contributed by atoms with Gasteiger partial charge in [-0.2, -0.15) is 0 Å². The Balaban J connectivity index is 1.86. The van der Waals surface area contributed by atoms with Crippen LogP contribution in [0.25, 0.3) is 0 Å². The Bertz CT molecular complexity index is 472. The second kappa shape index (κ2) is 6.51. The first kappa shape index (κ1) is 15.2. The second-order valence-electron chi connectivity index (χ2n) is 4.80. The molecule has 0 saturated carbocycles. The zero-order valence-corrected chi connectivity index (χ0v) is 12.4. The summed E-state index contributed by atoms with van der Waals surface area (Å²) >= 11 is 3.15. The molecule has 3 N–H and O–H groups in total. The normalized spacial score (nSPS) is 17.6. The molecule has 2 rings (SSSR count). The van der Waals surface area contributed by atoms with Crippen LogP contribution in [0.1, 0.15) is 12.8 Å². The maximum atomic E-state index is 13.2. The van der Waals surface area contributed by atoms with Gasteiger partial charge in [-0.3, -0.25) is 0 Å². The molecule has 0 bridgehead atoms. The zero-order valence-electron chi connectivity index (χ0n) is 10.8. The topological polar surface area (TPSA) is 70.6 Å². The molecule has 0 radical (unpaired) electrons. The van der Waals surface area contributed by atoms with Gasteiger partial charge in [0.2, 0.25) is 0 Å². The Morgan fingerprint density at radius 3 is 2.75 bits per heavy atom. The van der Waals surface area contributed by atoms with Gasteiger partial charge in [-0.05, 0) is 18.2 Å². The van der Waals surface area contributed by atoms with Gasteiger partial charge in [0.05, 0.1) is 5.60 Å². The molecule has 2 amide bonds. The molecule has 0 unspecified atom stereocenters. The van der Waals surface area contributed by atoms with Crippen LogP contribution in [0.4, 0.5) is 14.9 Å². The lowest BCUT2D eigenvalue weighted by atomic mass is 9.94. The van der Waals surface area contributed by atoms with E-state index in [2.05, 4.69) is 26.6 Å². The van der Waals surface area contributed by atoms with Gasteiger partial charge in [0.25, 0.3) is 0 Å². The third-order valence-corrected chi connectivity index (χ3v) is 3.58. The number of halogens is 2. The van der Waals surface area contributed by atoms with E-state index in [1.54, 1.807) is 6.07 Å². The number of hydrogen-bond donors (Lipinski definition) is 3. The van der Waals surface area contributed by atoms with E-state index in [4.69, 9.17) is 4.74 Å². The van der Waals surface area contributed by atoms with E-state index in [1.807, 2.05) is 0 Å². The van der Waals surface area contributed by atoms with Gasteiger partial charge in [-0.15, -0.1) is 0 Å². The fourth-order valence-corrected chi connectivity index (χ4v) is 2.44. The number of ether oxygens (including phenoxy) is 1. The van der Waals surface area contributed by atoms with Crippen LogP contribution in [0.15, 0.2) is 22.7 Å². The molecule has 110 valence electrons. The summed E-state index contributed by atoms with van der Waals surface area (Å²) < 4.78 is 18.9. The summed E-state index contributed by atoms with van der Waals surface area (Å²) in [5, 5.41) is 15.3. The Morgan fingerprint density at radius 2 is 2.10 bits per heavy atom. The average Bonchev–Trinajstić information content (AvgIpc) is 2.36. The van der Waals surface area contributed by atoms with Gasteiger partial charge >= 0.3 is 6.03 Å². The fraction of sp³-hybridized carbons (Fsp3) is 0.462. The summed E-state index contributed by atoms with van der Waals surface area (Å²) in [5.41, 5.74) is -0.591. The van der Waals surface area contributed by atoms with Gasteiger partial charge in [-0.1, -0.05) is 15.9 Å². The predicted molar refractivity (Wildman–Crippen MR) is 76.1 cm³/mol. The average molecular weight is 347 g/mol. The molecule has 1 fully saturated rings. The van der Waals surface area contributed by atoms with Crippen LogP contribution >= 0.6 is 15.9 Å². The smallest absolute Gasteiger partial charge is 0.319 e. The highest BCUT2D eigenvalue weighted by Crippen LogP contribution is 2.20. The molecule has 5 nitrogen and oxygen atoms in total. The largest absolute Gasteiger partial charge is 0.388 e. The highest BCUT2D eigenvalue weighted by atomic mass is 79.9. The third-order valence-electron chi connectivity index (χ3n) is 3.12. The molecule has 0 spiro atoms. The van der Waals surface area contributed by atoms with Crippen molar-refractivity contribution < 1.29 is 19.0 Å². The zero-order chi connectivity index (χ0) is 14.6. The van der Waals surface area contributed by atoms with E-state index < -0.39 is 17.4 Å². The van der Waals surface area contributed by atoms with Crippen molar-refractivity contribution in [2.45, 2.75) is 18.4 Å². The van der Waals surface area contributed by atoms with Crippen molar-refractivity contribution in [3.05, 3.63) is 28.5 Å². The van der Waals surface area contributed by atoms with E-state index in [9.17, 15) is 14.3 Å². The van der Waals surface area contributed by atoms with E-state index in [-0.39, 0.29) is 6.54 Å². The summed E-state index contributed by atoms with van der Waals surface area (Å²) in [7, 11) is 0. The number of aliphatic hydroxyl groups is 1. The number of nitrogens with one attached hydrogen (secondary N) is 2. The van der Waals surface area contributed by atoms with Gasteiger partial charge in [0, 0.05) is 42.8 Å². The van der Waals surface area contributed by atoms with Crippen molar-refractivity contribution in [3.8, 4) is 0 Å². The first-order valence-electron chi connectivity index (χ1n) is 6.28. The predicted octanol–water partition coefficient (Wildman–Crippen LogP) is 2.25. The minimum absolute atomic E-state index is 0.138. The highest BCUT2D eigenvalue weighted by molar-refractivity contribution is 9.10. The highest BCUT2D eigenvalue weighted by Gasteiger charge is 2.30. The molecule has 1 aliphatic rings. The first-order chi connectivity index (χ1) is 9.47. The van der Waals surface area contributed by atoms with Gasteiger partial charge in [0.1, 0.15) is 5.82 Å². The maximum Gasteiger partial charge on any atom is 0.319 e. The van der Waals surface area contributed by atoms with Crippen LogP contribution < -0.4 is 10.6 Å². The Morgan fingerprint density at radius 1 is 1.40 bits per heavy atom. The molecule has 7 heteroatoms. The molecule has 1 aliphatic heterocycles. The van der Waals surface area contributed by atoms with E-state index in [0.717, 1.165) is 0 Å². The quantitative estimate of drug-likeness (QED) is 0.786. The van der Waals surface area contributed by atoms with Crippen molar-refractivity contribution in [3.63, 3.8) is 0 Å².